The summed E-state index contributed by atoms with van der Waals surface area (Å²) in [5, 5.41) is 0. The summed E-state index contributed by atoms with van der Waals surface area (Å²) in [6, 6.07) is 0.388. The molecule has 1 aromatic heterocycles. The fourth-order valence-corrected chi connectivity index (χ4v) is 1.46. The van der Waals surface area contributed by atoms with Crippen molar-refractivity contribution in [1.29, 1.82) is 0 Å². The Morgan fingerprint density at radius 2 is 1.77 bits per heavy atom. The Bertz CT molecular complexity index is 555. The molecule has 0 amide bonds. The molecule has 0 atom stereocenters. The summed E-state index contributed by atoms with van der Waals surface area (Å²) < 4.78 is 87.1. The number of aromatic nitrogens is 1. The second-order valence-electron chi connectivity index (χ2n) is 3.80. The minimum Gasteiger partial charge on any atom is -0.491 e. The third-order valence-corrected chi connectivity index (χ3v) is 2.29. The Balaban J connectivity index is 3.45. The molecule has 0 fully saturated rings. The SMILES string of the molecule is COC(=O)Cc1cc(C(F)(F)F)nc(OC(F)(F)F)c1OC. The quantitative estimate of drug-likeness (QED) is 0.626. The minimum atomic E-state index is -5.28. The van der Waals surface area contributed by atoms with Crippen molar-refractivity contribution in [3.63, 3.8) is 0 Å². The van der Waals surface area contributed by atoms with Gasteiger partial charge in [0.2, 0.25) is 0 Å². The molecule has 1 rings (SSSR count). The number of carbonyl (C=O) groups excluding carboxylic acids is 1. The Labute approximate surface area is 119 Å². The van der Waals surface area contributed by atoms with Crippen LogP contribution in [0.15, 0.2) is 6.07 Å². The molecule has 5 nitrogen and oxygen atoms in total. The van der Waals surface area contributed by atoms with E-state index in [2.05, 4.69) is 19.2 Å². The van der Waals surface area contributed by atoms with E-state index in [9.17, 15) is 31.1 Å². The van der Waals surface area contributed by atoms with Gasteiger partial charge in [-0.25, -0.2) is 4.98 Å². The van der Waals surface area contributed by atoms with Gasteiger partial charge in [0, 0.05) is 5.56 Å². The second-order valence-corrected chi connectivity index (χ2v) is 3.80. The Morgan fingerprint density at radius 3 is 2.18 bits per heavy atom. The van der Waals surface area contributed by atoms with Gasteiger partial charge in [0.25, 0.3) is 5.88 Å². The highest BCUT2D eigenvalue weighted by atomic mass is 19.4. The molecule has 0 aliphatic heterocycles. The van der Waals surface area contributed by atoms with E-state index >= 15 is 0 Å². The van der Waals surface area contributed by atoms with Crippen LogP contribution in [0.3, 0.4) is 0 Å². The average molecular weight is 333 g/mol. The van der Waals surface area contributed by atoms with Crippen molar-refractivity contribution in [2.24, 2.45) is 0 Å². The predicted octanol–water partition coefficient (Wildman–Crippen LogP) is 2.72. The van der Waals surface area contributed by atoms with Crippen molar-refractivity contribution in [2.45, 2.75) is 19.0 Å². The zero-order valence-corrected chi connectivity index (χ0v) is 11.1. The lowest BCUT2D eigenvalue weighted by atomic mass is 10.1. The molecule has 0 radical (unpaired) electrons. The maximum atomic E-state index is 12.7. The second kappa shape index (κ2) is 6.28. The molecule has 0 aliphatic rings. The number of alkyl halides is 6. The molecular weight excluding hydrogens is 324 g/mol. The van der Waals surface area contributed by atoms with Crippen molar-refractivity contribution < 1.29 is 45.3 Å². The molecule has 0 aliphatic carbocycles. The highest BCUT2D eigenvalue weighted by molar-refractivity contribution is 5.74. The van der Waals surface area contributed by atoms with E-state index in [1.165, 1.54) is 0 Å². The highest BCUT2D eigenvalue weighted by Crippen LogP contribution is 2.38. The summed E-state index contributed by atoms with van der Waals surface area (Å²) in [5.41, 5.74) is -2.16. The first-order valence-electron chi connectivity index (χ1n) is 5.45. The summed E-state index contributed by atoms with van der Waals surface area (Å²) in [6.45, 7) is 0. The fourth-order valence-electron chi connectivity index (χ4n) is 1.46. The van der Waals surface area contributed by atoms with Crippen molar-refractivity contribution in [3.05, 3.63) is 17.3 Å². The van der Waals surface area contributed by atoms with Gasteiger partial charge in [0.1, 0.15) is 5.69 Å². The van der Waals surface area contributed by atoms with Crippen LogP contribution in [-0.2, 0) is 22.1 Å². The van der Waals surface area contributed by atoms with Crippen LogP contribution in [0.2, 0.25) is 0 Å². The molecule has 124 valence electrons. The normalized spacial score (nSPS) is 12.0. The van der Waals surface area contributed by atoms with Crippen molar-refractivity contribution in [3.8, 4) is 11.6 Å². The number of ether oxygens (including phenoxy) is 3. The number of rotatable bonds is 4. The van der Waals surface area contributed by atoms with Gasteiger partial charge < -0.3 is 14.2 Å². The Morgan fingerprint density at radius 1 is 1.18 bits per heavy atom. The first-order chi connectivity index (χ1) is 9.97. The summed E-state index contributed by atoms with van der Waals surface area (Å²) in [4.78, 5) is 13.9. The Kier molecular flexibility index (Phi) is 5.09. The van der Waals surface area contributed by atoms with E-state index in [4.69, 9.17) is 0 Å². The summed E-state index contributed by atoms with van der Waals surface area (Å²) in [6.07, 6.45) is -11.1. The van der Waals surface area contributed by atoms with Gasteiger partial charge in [-0.1, -0.05) is 0 Å². The third kappa shape index (κ3) is 4.67. The van der Waals surface area contributed by atoms with Gasteiger partial charge in [-0.05, 0) is 6.07 Å². The van der Waals surface area contributed by atoms with E-state index in [1.807, 2.05) is 0 Å². The van der Waals surface area contributed by atoms with Gasteiger partial charge in [-0.2, -0.15) is 13.2 Å². The van der Waals surface area contributed by atoms with Crippen LogP contribution in [-0.4, -0.2) is 31.5 Å². The van der Waals surface area contributed by atoms with Crippen LogP contribution in [0.5, 0.6) is 11.6 Å². The van der Waals surface area contributed by atoms with Gasteiger partial charge >= 0.3 is 18.5 Å². The lowest BCUT2D eigenvalue weighted by Crippen LogP contribution is -2.21. The zero-order chi connectivity index (χ0) is 17.1. The molecular formula is C11H9F6NO4. The maximum Gasteiger partial charge on any atom is 0.574 e. The maximum absolute atomic E-state index is 12.7. The number of hydrogen-bond acceptors (Lipinski definition) is 5. The average Bonchev–Trinajstić information content (AvgIpc) is 2.35. The number of esters is 1. The fraction of sp³-hybridized carbons (Fsp3) is 0.455. The smallest absolute Gasteiger partial charge is 0.491 e. The van der Waals surface area contributed by atoms with Crippen LogP contribution in [0, 0.1) is 0 Å². The van der Waals surface area contributed by atoms with Crippen LogP contribution in [0.25, 0.3) is 0 Å². The van der Waals surface area contributed by atoms with E-state index < -0.39 is 47.8 Å². The monoisotopic (exact) mass is 333 g/mol. The molecule has 0 spiro atoms. The van der Waals surface area contributed by atoms with Crippen LogP contribution in [0.1, 0.15) is 11.3 Å². The van der Waals surface area contributed by atoms with Crippen LogP contribution >= 0.6 is 0 Å². The lowest BCUT2D eigenvalue weighted by molar-refractivity contribution is -0.277. The van der Waals surface area contributed by atoms with Crippen molar-refractivity contribution in [2.75, 3.05) is 14.2 Å². The van der Waals surface area contributed by atoms with Crippen LogP contribution < -0.4 is 9.47 Å². The van der Waals surface area contributed by atoms with Gasteiger partial charge in [-0.3, -0.25) is 4.79 Å². The topological polar surface area (TPSA) is 57.7 Å². The first kappa shape index (κ1) is 17.9. The molecule has 0 bridgehead atoms. The number of halogens is 6. The summed E-state index contributed by atoms with van der Waals surface area (Å²) in [5.74, 6) is -3.16. The molecule has 22 heavy (non-hydrogen) atoms. The number of carbonyl (C=O) groups is 1. The van der Waals surface area contributed by atoms with E-state index in [-0.39, 0.29) is 0 Å². The van der Waals surface area contributed by atoms with Gasteiger partial charge in [-0.15, -0.1) is 13.2 Å². The summed E-state index contributed by atoms with van der Waals surface area (Å²) in [7, 11) is 1.86. The lowest BCUT2D eigenvalue weighted by Gasteiger charge is -2.17. The predicted molar refractivity (Wildman–Crippen MR) is 58.2 cm³/mol. The molecule has 0 N–H and O–H groups in total. The molecule has 11 heteroatoms. The number of hydrogen-bond donors (Lipinski definition) is 0. The minimum absolute atomic E-state index is 0.388. The molecule has 0 saturated carbocycles. The number of pyridine rings is 1. The summed E-state index contributed by atoms with van der Waals surface area (Å²) >= 11 is 0. The van der Waals surface area contributed by atoms with E-state index in [0.717, 1.165) is 14.2 Å². The Hall–Kier alpha value is -2.20. The van der Waals surface area contributed by atoms with E-state index in [0.29, 0.717) is 6.07 Å². The van der Waals surface area contributed by atoms with Gasteiger partial charge in [0.05, 0.1) is 20.6 Å². The van der Waals surface area contributed by atoms with E-state index in [1.54, 1.807) is 0 Å². The molecule has 0 saturated heterocycles. The molecule has 1 heterocycles. The molecule has 1 aromatic rings. The van der Waals surface area contributed by atoms with Crippen molar-refractivity contribution in [1.82, 2.24) is 4.98 Å². The molecule has 0 unspecified atom stereocenters. The third-order valence-electron chi connectivity index (χ3n) is 2.29. The number of methoxy groups -OCH3 is 2. The standard InChI is InChI=1S/C11H9F6NO4/c1-20-7(19)4-5-3-6(10(12,13)14)18-9(8(5)21-2)22-11(15,16)17/h3H,4H2,1-2H3. The van der Waals surface area contributed by atoms with Gasteiger partial charge in [0.15, 0.2) is 5.75 Å². The van der Waals surface area contributed by atoms with Crippen LogP contribution in [0.4, 0.5) is 26.3 Å². The molecule has 0 aromatic carbocycles. The zero-order valence-electron chi connectivity index (χ0n) is 11.1. The number of nitrogens with zero attached hydrogens (tertiary/aromatic N) is 1. The largest absolute Gasteiger partial charge is 0.574 e. The highest BCUT2D eigenvalue weighted by Gasteiger charge is 2.38. The van der Waals surface area contributed by atoms with Crippen molar-refractivity contribution >= 4 is 5.97 Å². The first-order valence-corrected chi connectivity index (χ1v) is 5.45.